The Balaban J connectivity index is 1.40. The van der Waals surface area contributed by atoms with Crippen molar-refractivity contribution in [3.63, 3.8) is 0 Å². The molecule has 0 amide bonds. The summed E-state index contributed by atoms with van der Waals surface area (Å²) < 4.78 is 18.8. The Morgan fingerprint density at radius 3 is 1.36 bits per heavy atom. The maximum absolute atomic E-state index is 12.3. The third-order valence-electron chi connectivity index (χ3n) is 9.43. The van der Waals surface area contributed by atoms with Crippen LogP contribution in [0.15, 0.2) is 125 Å². The highest BCUT2D eigenvalue weighted by Crippen LogP contribution is 2.50. The van der Waals surface area contributed by atoms with Crippen molar-refractivity contribution in [1.29, 1.82) is 0 Å². The van der Waals surface area contributed by atoms with Crippen LogP contribution in [0, 0.1) is 27.7 Å². The molecular formula is C45H36N2O4S2. The summed E-state index contributed by atoms with van der Waals surface area (Å²) in [4.78, 5) is 26.6. The molecule has 0 radical (unpaired) electrons. The summed E-state index contributed by atoms with van der Waals surface area (Å²) in [7, 11) is 1.37. The molecule has 6 nitrogen and oxygen atoms in total. The van der Waals surface area contributed by atoms with Gasteiger partial charge in [-0.15, -0.1) is 22.7 Å². The Morgan fingerprint density at radius 2 is 0.925 bits per heavy atom. The molecule has 0 saturated carbocycles. The van der Waals surface area contributed by atoms with Crippen LogP contribution in [0.4, 0.5) is 0 Å². The van der Waals surface area contributed by atoms with Crippen LogP contribution in [0.1, 0.15) is 32.6 Å². The third-order valence-corrected chi connectivity index (χ3v) is 11.7. The smallest absolute Gasteiger partial charge is 0.337 e. The van der Waals surface area contributed by atoms with Crippen molar-refractivity contribution in [1.82, 2.24) is 0 Å². The second-order valence-corrected chi connectivity index (χ2v) is 15.1. The van der Waals surface area contributed by atoms with Crippen molar-refractivity contribution < 1.29 is 19.0 Å². The van der Waals surface area contributed by atoms with E-state index in [1.807, 2.05) is 30.3 Å². The second kappa shape index (κ2) is 14.3. The number of carbonyl (C=O) groups excluding carboxylic acids is 1. The minimum atomic E-state index is -0.416. The lowest BCUT2D eigenvalue weighted by atomic mass is 10.0. The minimum Gasteiger partial charge on any atom is -0.465 e. The standard InChI is InChI=1S/C45H36N2O4S2/c1-26-11-9-12-27(2)37(26)33-21-23-35(52-33)39-41-42(47-25-46-41)40(36-24-22-34(53-36)38-28(3)13-10-14-29(38)4)44(43(39)50-31-15-7-6-8-16-31)51-32-19-17-30(18-20-32)45(48)49-5/h6-24H,25H2,1-5H3. The van der Waals surface area contributed by atoms with E-state index in [0.717, 1.165) is 41.3 Å². The fourth-order valence-electron chi connectivity index (χ4n) is 6.94. The largest absolute Gasteiger partial charge is 0.465 e. The van der Waals surface area contributed by atoms with Gasteiger partial charge in [-0.2, -0.15) is 0 Å². The highest BCUT2D eigenvalue weighted by atomic mass is 32.1. The number of para-hydroxylation sites is 1. The van der Waals surface area contributed by atoms with Gasteiger partial charge in [-0.3, -0.25) is 9.98 Å². The first kappa shape index (κ1) is 34.3. The van der Waals surface area contributed by atoms with Crippen molar-refractivity contribution in [2.45, 2.75) is 27.7 Å². The van der Waals surface area contributed by atoms with Crippen LogP contribution in [0.25, 0.3) is 41.8 Å². The molecule has 0 spiro atoms. The number of thiophene rings is 2. The average molecular weight is 733 g/mol. The molecule has 7 aromatic rings. The molecule has 0 aliphatic carbocycles. The first-order valence-corrected chi connectivity index (χ1v) is 19.0. The normalized spacial score (nSPS) is 11.8. The van der Waals surface area contributed by atoms with E-state index in [1.165, 1.54) is 40.5 Å². The summed E-state index contributed by atoms with van der Waals surface area (Å²) in [6.45, 7) is 8.89. The van der Waals surface area contributed by atoms with Gasteiger partial charge in [-0.25, -0.2) is 4.79 Å². The van der Waals surface area contributed by atoms with E-state index in [0.29, 0.717) is 35.2 Å². The van der Waals surface area contributed by atoms with Crippen LogP contribution in [0.2, 0.25) is 0 Å². The van der Waals surface area contributed by atoms with Gasteiger partial charge in [-0.1, -0.05) is 54.6 Å². The number of esters is 1. The van der Waals surface area contributed by atoms with Crippen molar-refractivity contribution in [2.75, 3.05) is 13.8 Å². The molecule has 8 rings (SSSR count). The lowest BCUT2D eigenvalue weighted by Gasteiger charge is -2.19. The lowest BCUT2D eigenvalue weighted by molar-refractivity contribution is 0.0600. The topological polar surface area (TPSA) is 69.5 Å². The number of benzene rings is 5. The molecule has 262 valence electrons. The maximum atomic E-state index is 12.3. The minimum absolute atomic E-state index is 0.293. The summed E-state index contributed by atoms with van der Waals surface area (Å²) in [6, 6.07) is 38.1. The van der Waals surface area contributed by atoms with Gasteiger partial charge in [0.1, 0.15) is 18.2 Å². The predicted molar refractivity (Wildman–Crippen MR) is 214 cm³/mol. The Bertz CT molecular complexity index is 2600. The summed E-state index contributed by atoms with van der Waals surface area (Å²) >= 11 is 3.39. The first-order valence-electron chi connectivity index (χ1n) is 17.3. The van der Waals surface area contributed by atoms with E-state index in [1.54, 1.807) is 46.9 Å². The lowest BCUT2D eigenvalue weighted by Crippen LogP contribution is -2.27. The van der Waals surface area contributed by atoms with Crippen molar-refractivity contribution in [3.05, 3.63) is 154 Å². The van der Waals surface area contributed by atoms with Crippen LogP contribution >= 0.6 is 22.7 Å². The van der Waals surface area contributed by atoms with Crippen LogP contribution in [-0.4, -0.2) is 19.7 Å². The molecule has 0 N–H and O–H groups in total. The summed E-state index contributed by atoms with van der Waals surface area (Å²) in [6.07, 6.45) is 0. The number of carbonyl (C=O) groups is 1. The van der Waals surface area contributed by atoms with Crippen molar-refractivity contribution in [2.24, 2.45) is 9.98 Å². The molecule has 0 atom stereocenters. The molecule has 5 aromatic carbocycles. The SMILES string of the molecule is COC(=O)c1ccc(Oc2c(Oc3ccccc3)c(-c3ccc(-c4c(C)cccc4C)s3)c3c(c2-c2ccc(-c4c(C)cccc4C)s2)=NCN=3)cc1. The Kier molecular flexibility index (Phi) is 9.24. The van der Waals surface area contributed by atoms with Crippen LogP contribution < -0.4 is 20.2 Å². The van der Waals surface area contributed by atoms with Gasteiger partial charge in [0, 0.05) is 19.5 Å². The number of nitrogens with zero attached hydrogens (tertiary/aromatic N) is 2. The summed E-state index contributed by atoms with van der Waals surface area (Å²) in [5.74, 6) is 1.84. The number of ether oxygens (including phenoxy) is 3. The van der Waals surface area contributed by atoms with E-state index in [-0.39, 0.29) is 0 Å². The molecule has 53 heavy (non-hydrogen) atoms. The van der Waals surface area contributed by atoms with Crippen molar-refractivity contribution >= 4 is 28.6 Å². The van der Waals surface area contributed by atoms with E-state index >= 15 is 0 Å². The molecule has 0 fully saturated rings. The number of hydrogen-bond donors (Lipinski definition) is 0. The Hall–Kier alpha value is -5.83. The van der Waals surface area contributed by atoms with Crippen LogP contribution in [0.5, 0.6) is 23.0 Å². The highest BCUT2D eigenvalue weighted by molar-refractivity contribution is 7.19. The number of methoxy groups -OCH3 is 1. The number of aryl methyl sites for hydroxylation is 4. The Labute approximate surface area is 316 Å². The fourth-order valence-corrected chi connectivity index (χ4v) is 9.39. The fraction of sp³-hybridized carbons (Fsp3) is 0.133. The molecule has 1 aliphatic rings. The third kappa shape index (κ3) is 6.45. The van der Waals surface area contributed by atoms with Gasteiger partial charge < -0.3 is 14.2 Å². The zero-order valence-electron chi connectivity index (χ0n) is 30.0. The van der Waals surface area contributed by atoms with Crippen LogP contribution in [-0.2, 0) is 4.74 Å². The van der Waals surface area contributed by atoms with Crippen LogP contribution in [0.3, 0.4) is 0 Å². The number of hydrogen-bond acceptors (Lipinski definition) is 8. The van der Waals surface area contributed by atoms with Gasteiger partial charge >= 0.3 is 5.97 Å². The molecule has 1 aliphatic heterocycles. The van der Waals surface area contributed by atoms with E-state index in [2.05, 4.69) is 88.4 Å². The van der Waals surface area contributed by atoms with Gasteiger partial charge in [0.25, 0.3) is 0 Å². The van der Waals surface area contributed by atoms with Gasteiger partial charge in [-0.05, 0) is 122 Å². The summed E-state index contributed by atoms with van der Waals surface area (Å²) in [5, 5.41) is 1.54. The highest BCUT2D eigenvalue weighted by Gasteiger charge is 2.29. The quantitative estimate of drug-likeness (QED) is 0.139. The number of rotatable bonds is 9. The first-order chi connectivity index (χ1) is 25.8. The van der Waals surface area contributed by atoms with E-state index in [9.17, 15) is 4.79 Å². The maximum Gasteiger partial charge on any atom is 0.337 e. The zero-order chi connectivity index (χ0) is 36.6. The number of fused-ring (bicyclic) bond motifs is 1. The molecule has 8 heteroatoms. The van der Waals surface area contributed by atoms with Gasteiger partial charge in [0.05, 0.1) is 34.5 Å². The van der Waals surface area contributed by atoms with Crippen molar-refractivity contribution in [3.8, 4) is 64.8 Å². The molecular weight excluding hydrogens is 697 g/mol. The molecule has 0 saturated heterocycles. The van der Waals surface area contributed by atoms with Gasteiger partial charge in [0.15, 0.2) is 11.5 Å². The molecule has 3 heterocycles. The average Bonchev–Trinajstić information content (AvgIpc) is 3.95. The molecule has 2 aromatic heterocycles. The summed E-state index contributed by atoms with van der Waals surface area (Å²) in [5.41, 5.74) is 9.37. The Morgan fingerprint density at radius 1 is 0.509 bits per heavy atom. The molecule has 0 bridgehead atoms. The monoisotopic (exact) mass is 732 g/mol. The predicted octanol–water partition coefficient (Wildman–Crippen LogP) is 11.3. The van der Waals surface area contributed by atoms with Gasteiger partial charge in [0.2, 0.25) is 0 Å². The van der Waals surface area contributed by atoms with E-state index in [4.69, 9.17) is 24.2 Å². The second-order valence-electron chi connectivity index (χ2n) is 13.0. The van der Waals surface area contributed by atoms with E-state index < -0.39 is 5.97 Å². The zero-order valence-corrected chi connectivity index (χ0v) is 31.7. The molecule has 0 unspecified atom stereocenters.